The first-order valence-electron chi connectivity index (χ1n) is 6.18. The summed E-state index contributed by atoms with van der Waals surface area (Å²) in [5.41, 5.74) is 6.20. The van der Waals surface area contributed by atoms with Crippen molar-refractivity contribution in [3.63, 3.8) is 0 Å². The van der Waals surface area contributed by atoms with Crippen LogP contribution in [-0.4, -0.2) is 18.8 Å². The molecule has 0 heterocycles. The molecule has 0 aromatic heterocycles. The van der Waals surface area contributed by atoms with Crippen LogP contribution in [0.15, 0.2) is 0 Å². The molecule has 0 aliphatic heterocycles. The van der Waals surface area contributed by atoms with Gasteiger partial charge in [0.15, 0.2) is 0 Å². The highest BCUT2D eigenvalue weighted by atomic mass is 16.5. The van der Waals surface area contributed by atoms with Gasteiger partial charge in [-0.15, -0.1) is 0 Å². The third kappa shape index (κ3) is 2.96. The number of hydrogen-bond acceptors (Lipinski definition) is 2. The van der Waals surface area contributed by atoms with E-state index in [1.54, 1.807) is 0 Å². The van der Waals surface area contributed by atoms with E-state index in [-0.39, 0.29) is 0 Å². The van der Waals surface area contributed by atoms with E-state index in [1.807, 2.05) is 0 Å². The summed E-state index contributed by atoms with van der Waals surface area (Å²) in [5, 5.41) is 0. The summed E-state index contributed by atoms with van der Waals surface area (Å²) in [7, 11) is 0. The molecule has 14 heavy (non-hydrogen) atoms. The van der Waals surface area contributed by atoms with Crippen LogP contribution in [0.5, 0.6) is 0 Å². The van der Waals surface area contributed by atoms with Gasteiger partial charge in [0.2, 0.25) is 0 Å². The zero-order valence-corrected chi connectivity index (χ0v) is 9.24. The van der Waals surface area contributed by atoms with Crippen molar-refractivity contribution < 1.29 is 4.74 Å². The minimum Gasteiger partial charge on any atom is -0.377 e. The molecule has 0 spiro atoms. The van der Waals surface area contributed by atoms with Crippen LogP contribution in [0, 0.1) is 11.8 Å². The van der Waals surface area contributed by atoms with E-state index in [9.17, 15) is 0 Å². The summed E-state index contributed by atoms with van der Waals surface area (Å²) in [4.78, 5) is 0. The van der Waals surface area contributed by atoms with E-state index in [4.69, 9.17) is 10.5 Å². The van der Waals surface area contributed by atoms with Crippen molar-refractivity contribution in [2.45, 2.75) is 57.6 Å². The van der Waals surface area contributed by atoms with E-state index >= 15 is 0 Å². The molecule has 2 aliphatic carbocycles. The molecule has 0 bridgehead atoms. The monoisotopic (exact) mass is 197 g/mol. The Kier molecular flexibility index (Phi) is 3.45. The summed E-state index contributed by atoms with van der Waals surface area (Å²) in [5.74, 6) is 1.78. The van der Waals surface area contributed by atoms with Gasteiger partial charge in [-0.2, -0.15) is 0 Å². The molecular formula is C12H23NO. The third-order valence-corrected chi connectivity index (χ3v) is 3.47. The number of ether oxygens (including phenoxy) is 1. The fourth-order valence-electron chi connectivity index (χ4n) is 2.23. The predicted octanol–water partition coefficient (Wildman–Crippen LogP) is 2.32. The van der Waals surface area contributed by atoms with Crippen molar-refractivity contribution in [1.82, 2.24) is 0 Å². The van der Waals surface area contributed by atoms with Crippen LogP contribution >= 0.6 is 0 Å². The smallest absolute Gasteiger partial charge is 0.0753 e. The Morgan fingerprint density at radius 3 is 2.50 bits per heavy atom. The summed E-state index contributed by atoms with van der Waals surface area (Å²) >= 11 is 0. The van der Waals surface area contributed by atoms with Gasteiger partial charge in [-0.25, -0.2) is 0 Å². The quantitative estimate of drug-likeness (QED) is 0.680. The Labute approximate surface area is 87.2 Å². The molecule has 2 atom stereocenters. The van der Waals surface area contributed by atoms with Crippen LogP contribution < -0.4 is 5.73 Å². The Morgan fingerprint density at radius 2 is 2.00 bits per heavy atom. The fraction of sp³-hybridized carbons (Fsp3) is 1.00. The van der Waals surface area contributed by atoms with Gasteiger partial charge < -0.3 is 10.5 Å². The van der Waals surface area contributed by atoms with Gasteiger partial charge in [-0.3, -0.25) is 0 Å². The molecule has 2 unspecified atom stereocenters. The topological polar surface area (TPSA) is 35.2 Å². The molecular weight excluding hydrogens is 174 g/mol. The van der Waals surface area contributed by atoms with Crippen molar-refractivity contribution in [3.8, 4) is 0 Å². The second kappa shape index (κ2) is 4.63. The zero-order chi connectivity index (χ0) is 9.97. The third-order valence-electron chi connectivity index (χ3n) is 3.47. The minimum absolute atomic E-state index is 0.294. The van der Waals surface area contributed by atoms with E-state index in [2.05, 4.69) is 6.92 Å². The van der Waals surface area contributed by atoms with E-state index in [0.29, 0.717) is 12.1 Å². The second-order valence-electron chi connectivity index (χ2n) is 4.94. The minimum atomic E-state index is 0.294. The summed E-state index contributed by atoms with van der Waals surface area (Å²) in [6.07, 6.45) is 8.41. The van der Waals surface area contributed by atoms with Crippen molar-refractivity contribution in [3.05, 3.63) is 0 Å². The molecule has 2 heteroatoms. The largest absolute Gasteiger partial charge is 0.377 e. The molecule has 2 fully saturated rings. The molecule has 2 nitrogen and oxygen atoms in total. The molecule has 2 aliphatic rings. The molecule has 2 rings (SSSR count). The Balaban J connectivity index is 1.70. The molecule has 2 N–H and O–H groups in total. The first kappa shape index (κ1) is 10.4. The Morgan fingerprint density at radius 1 is 1.29 bits per heavy atom. The molecule has 2 saturated carbocycles. The average molecular weight is 197 g/mol. The van der Waals surface area contributed by atoms with Crippen LogP contribution in [0.4, 0.5) is 0 Å². The lowest BCUT2D eigenvalue weighted by molar-refractivity contribution is 0.0261. The molecule has 0 radical (unpaired) electrons. The van der Waals surface area contributed by atoms with Crippen molar-refractivity contribution in [1.29, 1.82) is 0 Å². The lowest BCUT2D eigenvalue weighted by atomic mass is 10.0. The lowest BCUT2D eigenvalue weighted by Gasteiger charge is -2.23. The highest BCUT2D eigenvalue weighted by Gasteiger charge is 2.36. The lowest BCUT2D eigenvalue weighted by Crippen LogP contribution is -2.38. The first-order valence-corrected chi connectivity index (χ1v) is 6.18. The number of rotatable bonds is 7. The Bertz CT molecular complexity index is 175. The molecule has 0 amide bonds. The normalized spacial score (nSPS) is 26.1. The van der Waals surface area contributed by atoms with Crippen LogP contribution in [0.25, 0.3) is 0 Å². The molecule has 0 aromatic rings. The van der Waals surface area contributed by atoms with Crippen molar-refractivity contribution >= 4 is 0 Å². The molecule has 82 valence electrons. The fourth-order valence-corrected chi connectivity index (χ4v) is 2.23. The van der Waals surface area contributed by atoms with Gasteiger partial charge in [0.05, 0.1) is 6.10 Å². The second-order valence-corrected chi connectivity index (χ2v) is 4.94. The van der Waals surface area contributed by atoms with E-state index < -0.39 is 0 Å². The van der Waals surface area contributed by atoms with Crippen LogP contribution in [0.3, 0.4) is 0 Å². The maximum Gasteiger partial charge on any atom is 0.0753 e. The van der Waals surface area contributed by atoms with Gasteiger partial charge in [-0.05, 0) is 44.4 Å². The van der Waals surface area contributed by atoms with Gasteiger partial charge in [0, 0.05) is 12.6 Å². The molecule has 0 aromatic carbocycles. The van der Waals surface area contributed by atoms with E-state index in [0.717, 1.165) is 18.4 Å². The molecule has 0 saturated heterocycles. The van der Waals surface area contributed by atoms with Crippen LogP contribution in [0.1, 0.15) is 45.4 Å². The summed E-state index contributed by atoms with van der Waals surface area (Å²) < 4.78 is 5.76. The zero-order valence-electron chi connectivity index (χ0n) is 9.24. The predicted molar refractivity (Wildman–Crippen MR) is 58.1 cm³/mol. The van der Waals surface area contributed by atoms with Crippen molar-refractivity contribution in [2.24, 2.45) is 17.6 Å². The van der Waals surface area contributed by atoms with Gasteiger partial charge in [0.25, 0.3) is 0 Å². The standard InChI is InChI=1S/C12H23NO/c1-2-14-12(10-6-7-10)11(13)8-5-9-3-4-9/h9-12H,2-8,13H2,1H3. The average Bonchev–Trinajstić information content (AvgIpc) is 3.03. The van der Waals surface area contributed by atoms with E-state index in [1.165, 1.54) is 38.5 Å². The van der Waals surface area contributed by atoms with Gasteiger partial charge in [0.1, 0.15) is 0 Å². The van der Waals surface area contributed by atoms with Gasteiger partial charge in [-0.1, -0.05) is 12.8 Å². The van der Waals surface area contributed by atoms with Crippen LogP contribution in [0.2, 0.25) is 0 Å². The highest BCUT2D eigenvalue weighted by molar-refractivity contribution is 4.89. The highest BCUT2D eigenvalue weighted by Crippen LogP contribution is 2.38. The first-order chi connectivity index (χ1) is 6.81. The summed E-state index contributed by atoms with van der Waals surface area (Å²) in [6.45, 7) is 2.89. The number of nitrogens with two attached hydrogens (primary N) is 1. The van der Waals surface area contributed by atoms with Crippen LogP contribution in [-0.2, 0) is 4.74 Å². The summed E-state index contributed by atoms with van der Waals surface area (Å²) in [6, 6.07) is 0.294. The maximum atomic E-state index is 6.20. The number of hydrogen-bond donors (Lipinski definition) is 1. The van der Waals surface area contributed by atoms with Gasteiger partial charge >= 0.3 is 0 Å². The van der Waals surface area contributed by atoms with Crippen molar-refractivity contribution in [2.75, 3.05) is 6.61 Å². The Hall–Kier alpha value is -0.0800. The SMILES string of the molecule is CCOC(C(N)CCC1CC1)C1CC1. The maximum absolute atomic E-state index is 6.20.